The summed E-state index contributed by atoms with van der Waals surface area (Å²) >= 11 is 6.77. The van der Waals surface area contributed by atoms with E-state index in [9.17, 15) is 4.79 Å². The summed E-state index contributed by atoms with van der Waals surface area (Å²) < 4.78 is 5.34. The molecule has 2 N–H and O–H groups in total. The van der Waals surface area contributed by atoms with Gasteiger partial charge >= 0.3 is 0 Å². The Morgan fingerprint density at radius 1 is 1.13 bits per heavy atom. The van der Waals surface area contributed by atoms with Crippen molar-refractivity contribution in [3.8, 4) is 11.3 Å². The lowest BCUT2D eigenvalue weighted by Gasteiger charge is -2.09. The lowest BCUT2D eigenvalue weighted by atomic mass is 9.96. The second-order valence-corrected chi connectivity index (χ2v) is 7.73. The molecule has 8 heteroatoms. The average Bonchev–Trinajstić information content (AvgIpc) is 3.46. The Morgan fingerprint density at radius 3 is 2.60 bits per heavy atom. The highest BCUT2D eigenvalue weighted by atomic mass is 32.1. The summed E-state index contributed by atoms with van der Waals surface area (Å²) in [7, 11) is 0. The van der Waals surface area contributed by atoms with Crippen molar-refractivity contribution in [2.75, 3.05) is 5.32 Å². The summed E-state index contributed by atoms with van der Waals surface area (Å²) in [6.07, 6.45) is 0. The number of rotatable bonds is 5. The lowest BCUT2D eigenvalue weighted by Crippen LogP contribution is -2.33. The molecule has 0 aliphatic carbocycles. The Kier molecular flexibility index (Phi) is 5.97. The number of carbonyl (C=O) groups excluding carboxylic acids is 1. The summed E-state index contributed by atoms with van der Waals surface area (Å²) in [5.41, 5.74) is 6.26. The van der Waals surface area contributed by atoms with E-state index in [1.807, 2.05) is 29.1 Å². The molecule has 2 aromatic carbocycles. The Balaban J connectivity index is 1.38. The SMILES string of the molecule is CC(c1ccc(-c2cscn2)cc1)c1cc(NC(=S)NC(=O)c2ccccc2)on1. The van der Waals surface area contributed by atoms with Crippen LogP contribution in [-0.4, -0.2) is 21.2 Å². The van der Waals surface area contributed by atoms with Gasteiger partial charge < -0.3 is 9.84 Å². The van der Waals surface area contributed by atoms with Gasteiger partial charge in [-0.05, 0) is 29.9 Å². The van der Waals surface area contributed by atoms with Crippen molar-refractivity contribution in [1.29, 1.82) is 0 Å². The molecule has 150 valence electrons. The molecule has 6 nitrogen and oxygen atoms in total. The fraction of sp³-hybridized carbons (Fsp3) is 0.0909. The van der Waals surface area contributed by atoms with Gasteiger partial charge in [0.05, 0.1) is 16.9 Å². The number of nitrogens with zero attached hydrogens (tertiary/aromatic N) is 2. The molecule has 1 amide bonds. The highest BCUT2D eigenvalue weighted by Gasteiger charge is 2.16. The number of thiocarbonyl (C=S) groups is 1. The van der Waals surface area contributed by atoms with Crippen LogP contribution in [-0.2, 0) is 0 Å². The normalized spacial score (nSPS) is 11.6. The van der Waals surface area contributed by atoms with E-state index in [0.29, 0.717) is 11.4 Å². The highest BCUT2D eigenvalue weighted by molar-refractivity contribution is 7.80. The predicted octanol–water partition coefficient (Wildman–Crippen LogP) is 5.08. The van der Waals surface area contributed by atoms with Crippen LogP contribution in [0.15, 0.2) is 76.1 Å². The van der Waals surface area contributed by atoms with Crippen molar-refractivity contribution in [1.82, 2.24) is 15.5 Å². The molecule has 2 heterocycles. The average molecular weight is 435 g/mol. The number of thiazole rings is 1. The van der Waals surface area contributed by atoms with Gasteiger partial charge in [-0.25, -0.2) is 4.98 Å². The van der Waals surface area contributed by atoms with Gasteiger partial charge in [-0.3, -0.25) is 10.1 Å². The first-order valence-corrected chi connectivity index (χ1v) is 10.6. The Hall–Kier alpha value is -3.36. The molecular formula is C22H18N4O2S2. The Bertz CT molecular complexity index is 1140. The van der Waals surface area contributed by atoms with Gasteiger partial charge in [0.2, 0.25) is 5.88 Å². The smallest absolute Gasteiger partial charge is 0.257 e. The summed E-state index contributed by atoms with van der Waals surface area (Å²) in [5.74, 6) is 0.108. The Labute approximate surface area is 183 Å². The van der Waals surface area contributed by atoms with E-state index >= 15 is 0 Å². The van der Waals surface area contributed by atoms with Crippen molar-refractivity contribution < 1.29 is 9.32 Å². The van der Waals surface area contributed by atoms with Crippen molar-refractivity contribution in [2.45, 2.75) is 12.8 Å². The molecule has 0 fully saturated rings. The number of aromatic nitrogens is 2. The van der Waals surface area contributed by atoms with Crippen LogP contribution in [0.2, 0.25) is 0 Å². The zero-order valence-electron chi connectivity index (χ0n) is 16.0. The van der Waals surface area contributed by atoms with Crippen LogP contribution in [0.4, 0.5) is 5.88 Å². The van der Waals surface area contributed by atoms with E-state index in [0.717, 1.165) is 22.5 Å². The lowest BCUT2D eigenvalue weighted by molar-refractivity contribution is 0.0977. The van der Waals surface area contributed by atoms with E-state index in [2.05, 4.69) is 39.8 Å². The van der Waals surface area contributed by atoms with Crippen LogP contribution in [0.5, 0.6) is 0 Å². The summed E-state index contributed by atoms with van der Waals surface area (Å²) in [4.78, 5) is 16.5. The van der Waals surface area contributed by atoms with Gasteiger partial charge in [0, 0.05) is 28.5 Å². The first-order chi connectivity index (χ1) is 14.6. The van der Waals surface area contributed by atoms with E-state index in [4.69, 9.17) is 16.7 Å². The number of anilines is 1. The summed E-state index contributed by atoms with van der Waals surface area (Å²) in [6.45, 7) is 2.05. The molecule has 4 rings (SSSR count). The second-order valence-electron chi connectivity index (χ2n) is 6.61. The van der Waals surface area contributed by atoms with Gasteiger partial charge in [-0.2, -0.15) is 0 Å². The van der Waals surface area contributed by atoms with Crippen molar-refractivity contribution in [3.63, 3.8) is 0 Å². The van der Waals surface area contributed by atoms with Gasteiger partial charge in [0.25, 0.3) is 5.91 Å². The maximum atomic E-state index is 12.2. The third-order valence-electron chi connectivity index (χ3n) is 4.61. The van der Waals surface area contributed by atoms with E-state index < -0.39 is 0 Å². The van der Waals surface area contributed by atoms with Gasteiger partial charge in [-0.15, -0.1) is 11.3 Å². The number of hydrogen-bond acceptors (Lipinski definition) is 6. The topological polar surface area (TPSA) is 80.0 Å². The molecule has 30 heavy (non-hydrogen) atoms. The zero-order chi connectivity index (χ0) is 20.9. The van der Waals surface area contributed by atoms with Crippen LogP contribution in [0.3, 0.4) is 0 Å². The third-order valence-corrected chi connectivity index (χ3v) is 5.40. The summed E-state index contributed by atoms with van der Waals surface area (Å²) in [5, 5.41) is 11.8. The molecule has 0 bridgehead atoms. The first kappa shape index (κ1) is 19.9. The van der Waals surface area contributed by atoms with Crippen LogP contribution < -0.4 is 10.6 Å². The molecule has 0 radical (unpaired) electrons. The minimum absolute atomic E-state index is 0.0289. The number of hydrogen-bond donors (Lipinski definition) is 2. The van der Waals surface area contributed by atoms with Gasteiger partial charge in [0.1, 0.15) is 0 Å². The minimum atomic E-state index is -0.290. The van der Waals surface area contributed by atoms with E-state index in [1.54, 1.807) is 41.7 Å². The van der Waals surface area contributed by atoms with Gasteiger partial charge in [-0.1, -0.05) is 54.5 Å². The quantitative estimate of drug-likeness (QED) is 0.427. The minimum Gasteiger partial charge on any atom is -0.338 e. The molecular weight excluding hydrogens is 416 g/mol. The van der Waals surface area contributed by atoms with Crippen LogP contribution >= 0.6 is 23.6 Å². The number of benzene rings is 2. The molecule has 0 spiro atoms. The highest BCUT2D eigenvalue weighted by Crippen LogP contribution is 2.27. The molecule has 4 aromatic rings. The van der Waals surface area contributed by atoms with Crippen LogP contribution in [0, 0.1) is 0 Å². The molecule has 1 atom stereocenters. The largest absolute Gasteiger partial charge is 0.338 e. The number of nitrogens with one attached hydrogen (secondary N) is 2. The second kappa shape index (κ2) is 8.98. The maximum Gasteiger partial charge on any atom is 0.257 e. The van der Waals surface area contributed by atoms with Crippen molar-refractivity contribution in [2.24, 2.45) is 0 Å². The fourth-order valence-electron chi connectivity index (χ4n) is 2.93. The van der Waals surface area contributed by atoms with Crippen LogP contribution in [0.25, 0.3) is 11.3 Å². The molecule has 0 saturated heterocycles. The molecule has 2 aromatic heterocycles. The molecule has 0 aliphatic rings. The van der Waals surface area contributed by atoms with Gasteiger partial charge in [0.15, 0.2) is 5.11 Å². The fourth-order valence-corrected chi connectivity index (χ4v) is 3.68. The number of carbonyl (C=O) groups is 1. The molecule has 0 aliphatic heterocycles. The number of amides is 1. The third kappa shape index (κ3) is 4.61. The Morgan fingerprint density at radius 2 is 1.90 bits per heavy atom. The summed E-state index contributed by atoms with van der Waals surface area (Å²) in [6, 6.07) is 18.9. The standard InChI is InChI=1S/C22H18N4O2S2/c1-14(15-7-9-16(10-8-15)19-12-30-13-23-19)18-11-20(28-26-18)24-22(29)25-21(27)17-5-3-2-4-6-17/h2-14H,1H3,(H2,24,25,27,29). The maximum absolute atomic E-state index is 12.2. The molecule has 1 unspecified atom stereocenters. The van der Waals surface area contributed by atoms with Crippen molar-refractivity contribution in [3.05, 3.63) is 88.4 Å². The van der Waals surface area contributed by atoms with E-state index in [-0.39, 0.29) is 16.9 Å². The monoisotopic (exact) mass is 434 g/mol. The van der Waals surface area contributed by atoms with E-state index in [1.165, 1.54) is 0 Å². The molecule has 0 saturated carbocycles. The van der Waals surface area contributed by atoms with Crippen molar-refractivity contribution >= 4 is 40.5 Å². The first-order valence-electron chi connectivity index (χ1n) is 9.22. The zero-order valence-corrected chi connectivity index (χ0v) is 17.7. The predicted molar refractivity (Wildman–Crippen MR) is 122 cm³/mol. The van der Waals surface area contributed by atoms with Crippen LogP contribution in [0.1, 0.15) is 34.5 Å².